The highest BCUT2D eigenvalue weighted by Gasteiger charge is 2.22. The Morgan fingerprint density at radius 2 is 1.90 bits per heavy atom. The van der Waals surface area contributed by atoms with Gasteiger partial charge in [0.05, 0.1) is 13.7 Å². The second kappa shape index (κ2) is 9.36. The number of aryl methyl sites for hydroxylation is 1. The van der Waals surface area contributed by atoms with Gasteiger partial charge in [0.2, 0.25) is 0 Å². The summed E-state index contributed by atoms with van der Waals surface area (Å²) < 4.78 is 10.6. The van der Waals surface area contributed by atoms with Crippen molar-refractivity contribution < 1.29 is 14.1 Å². The van der Waals surface area contributed by atoms with E-state index in [-0.39, 0.29) is 6.03 Å². The van der Waals surface area contributed by atoms with E-state index in [4.69, 9.17) is 20.9 Å². The molecule has 1 aliphatic rings. The molecule has 0 bridgehead atoms. The summed E-state index contributed by atoms with van der Waals surface area (Å²) in [7, 11) is 1.63. The van der Waals surface area contributed by atoms with Crippen molar-refractivity contribution in [2.75, 3.05) is 38.6 Å². The number of amides is 2. The Bertz CT molecular complexity index is 1050. The number of halogens is 1. The quantitative estimate of drug-likeness (QED) is 0.642. The summed E-state index contributed by atoms with van der Waals surface area (Å²) in [6, 6.07) is 12.9. The molecule has 1 aliphatic heterocycles. The lowest BCUT2D eigenvalue weighted by Crippen LogP contribution is -2.49. The van der Waals surface area contributed by atoms with Gasteiger partial charge >= 0.3 is 6.03 Å². The van der Waals surface area contributed by atoms with Crippen LogP contribution in [0.5, 0.6) is 5.75 Å². The molecule has 31 heavy (non-hydrogen) atoms. The van der Waals surface area contributed by atoms with Gasteiger partial charge in [0.25, 0.3) is 5.89 Å². The van der Waals surface area contributed by atoms with Gasteiger partial charge in [-0.2, -0.15) is 4.98 Å². The highest BCUT2D eigenvalue weighted by Crippen LogP contribution is 2.22. The van der Waals surface area contributed by atoms with E-state index in [1.165, 1.54) is 0 Å². The van der Waals surface area contributed by atoms with Gasteiger partial charge in [-0.05, 0) is 48.9 Å². The lowest BCUT2D eigenvalue weighted by atomic mass is 10.2. The minimum Gasteiger partial charge on any atom is -0.497 e. The zero-order chi connectivity index (χ0) is 21.8. The first-order chi connectivity index (χ1) is 15.0. The summed E-state index contributed by atoms with van der Waals surface area (Å²) in [5.74, 6) is 1.88. The highest BCUT2D eigenvalue weighted by molar-refractivity contribution is 6.31. The van der Waals surface area contributed by atoms with Gasteiger partial charge in [0, 0.05) is 42.5 Å². The average Bonchev–Trinajstić information content (AvgIpc) is 3.25. The molecule has 2 amide bonds. The van der Waals surface area contributed by atoms with Crippen molar-refractivity contribution in [2.24, 2.45) is 0 Å². The molecule has 1 N–H and O–H groups in total. The maximum Gasteiger partial charge on any atom is 0.321 e. The normalized spacial score (nSPS) is 14.5. The third kappa shape index (κ3) is 5.15. The van der Waals surface area contributed by atoms with Crippen molar-refractivity contribution in [3.8, 4) is 17.2 Å². The second-order valence-electron chi connectivity index (χ2n) is 7.40. The number of hydrogen-bond donors (Lipinski definition) is 1. The SMILES string of the molecule is COc1ccc(-c2nc(CN3CCN(C(=O)Nc4ccc(C)c(Cl)c4)CC3)no2)cc1. The molecule has 0 atom stereocenters. The zero-order valence-electron chi connectivity index (χ0n) is 17.5. The van der Waals surface area contributed by atoms with E-state index in [9.17, 15) is 4.79 Å². The van der Waals surface area contributed by atoms with E-state index in [1.807, 2.05) is 43.3 Å². The van der Waals surface area contributed by atoms with Gasteiger partial charge in [-0.3, -0.25) is 4.90 Å². The molecule has 0 unspecified atom stereocenters. The number of carbonyl (C=O) groups excluding carboxylic acids is 1. The zero-order valence-corrected chi connectivity index (χ0v) is 18.2. The van der Waals surface area contributed by atoms with E-state index >= 15 is 0 Å². The first kappa shape index (κ1) is 21.1. The van der Waals surface area contributed by atoms with Crippen LogP contribution >= 0.6 is 11.6 Å². The number of ether oxygens (including phenoxy) is 1. The third-order valence-corrected chi connectivity index (χ3v) is 5.66. The van der Waals surface area contributed by atoms with Crippen LogP contribution in [0.2, 0.25) is 5.02 Å². The number of anilines is 1. The second-order valence-corrected chi connectivity index (χ2v) is 7.81. The molecule has 1 saturated heterocycles. The topological polar surface area (TPSA) is 83.7 Å². The monoisotopic (exact) mass is 441 g/mol. The lowest BCUT2D eigenvalue weighted by molar-refractivity contribution is 0.140. The van der Waals surface area contributed by atoms with Crippen LogP contribution < -0.4 is 10.1 Å². The molecule has 0 saturated carbocycles. The number of piperazine rings is 1. The molecule has 162 valence electrons. The lowest BCUT2D eigenvalue weighted by Gasteiger charge is -2.34. The number of carbonyl (C=O) groups is 1. The minimum atomic E-state index is -0.124. The largest absolute Gasteiger partial charge is 0.497 e. The van der Waals surface area contributed by atoms with E-state index in [2.05, 4.69) is 20.4 Å². The predicted octanol–water partition coefficient (Wildman–Crippen LogP) is 4.06. The summed E-state index contributed by atoms with van der Waals surface area (Å²) in [6.45, 7) is 5.20. The number of urea groups is 1. The van der Waals surface area contributed by atoms with Crippen molar-refractivity contribution in [3.05, 3.63) is 58.9 Å². The Hall–Kier alpha value is -3.10. The van der Waals surface area contributed by atoms with Crippen LogP contribution in [0.4, 0.5) is 10.5 Å². The summed E-state index contributed by atoms with van der Waals surface area (Å²) in [6.07, 6.45) is 0. The Morgan fingerprint density at radius 1 is 1.16 bits per heavy atom. The molecule has 3 aromatic rings. The predicted molar refractivity (Wildman–Crippen MR) is 118 cm³/mol. The van der Waals surface area contributed by atoms with E-state index in [0.29, 0.717) is 42.1 Å². The van der Waals surface area contributed by atoms with E-state index < -0.39 is 0 Å². The van der Waals surface area contributed by atoms with Crippen molar-refractivity contribution in [1.29, 1.82) is 0 Å². The summed E-state index contributed by atoms with van der Waals surface area (Å²) in [5.41, 5.74) is 2.52. The molecule has 1 fully saturated rings. The molecule has 2 heterocycles. The fraction of sp³-hybridized carbons (Fsp3) is 0.318. The van der Waals surface area contributed by atoms with Crippen molar-refractivity contribution in [1.82, 2.24) is 19.9 Å². The summed E-state index contributed by atoms with van der Waals surface area (Å²) >= 11 is 6.14. The molecule has 4 rings (SSSR count). The fourth-order valence-corrected chi connectivity index (χ4v) is 3.53. The van der Waals surface area contributed by atoms with Gasteiger partial charge in [0.15, 0.2) is 5.82 Å². The maximum atomic E-state index is 12.5. The number of aromatic nitrogens is 2. The number of nitrogens with zero attached hydrogens (tertiary/aromatic N) is 4. The number of benzene rings is 2. The Labute approximate surface area is 185 Å². The summed E-state index contributed by atoms with van der Waals surface area (Å²) in [5, 5.41) is 7.64. The third-order valence-electron chi connectivity index (χ3n) is 5.25. The fourth-order valence-electron chi connectivity index (χ4n) is 3.35. The Kier molecular flexibility index (Phi) is 6.39. The minimum absolute atomic E-state index is 0.124. The first-order valence-corrected chi connectivity index (χ1v) is 10.4. The van der Waals surface area contributed by atoms with Crippen LogP contribution in [-0.4, -0.2) is 59.3 Å². The molecule has 0 spiro atoms. The van der Waals surface area contributed by atoms with Crippen molar-refractivity contribution >= 4 is 23.3 Å². The van der Waals surface area contributed by atoms with Gasteiger partial charge < -0.3 is 19.5 Å². The molecule has 0 radical (unpaired) electrons. The van der Waals surface area contributed by atoms with Crippen molar-refractivity contribution in [3.63, 3.8) is 0 Å². The van der Waals surface area contributed by atoms with Crippen LogP contribution in [0.1, 0.15) is 11.4 Å². The number of nitrogens with one attached hydrogen (secondary N) is 1. The van der Waals surface area contributed by atoms with E-state index in [1.54, 1.807) is 18.1 Å². The molecular formula is C22H24ClN5O3. The van der Waals surface area contributed by atoms with E-state index in [0.717, 1.165) is 30.0 Å². The molecule has 1 aromatic heterocycles. The Morgan fingerprint density at radius 3 is 2.58 bits per heavy atom. The summed E-state index contributed by atoms with van der Waals surface area (Å²) in [4.78, 5) is 21.0. The van der Waals surface area contributed by atoms with Crippen LogP contribution in [-0.2, 0) is 6.54 Å². The van der Waals surface area contributed by atoms with Gasteiger partial charge in [-0.1, -0.05) is 22.8 Å². The van der Waals surface area contributed by atoms with Crippen LogP contribution in [0, 0.1) is 6.92 Å². The van der Waals surface area contributed by atoms with Crippen molar-refractivity contribution in [2.45, 2.75) is 13.5 Å². The molecule has 9 heteroatoms. The first-order valence-electron chi connectivity index (χ1n) is 10.0. The van der Waals surface area contributed by atoms with Gasteiger partial charge in [-0.25, -0.2) is 4.79 Å². The van der Waals surface area contributed by atoms with Crippen LogP contribution in [0.15, 0.2) is 47.0 Å². The maximum absolute atomic E-state index is 12.5. The molecular weight excluding hydrogens is 418 g/mol. The molecule has 2 aromatic carbocycles. The standard InChI is InChI=1S/C22H24ClN5O3/c1-15-3-6-17(13-19(15)23)24-22(29)28-11-9-27(10-12-28)14-20-25-21(31-26-20)16-4-7-18(30-2)8-5-16/h3-8,13H,9-12,14H2,1-2H3,(H,24,29). The number of rotatable bonds is 5. The van der Waals surface area contributed by atoms with Crippen LogP contribution in [0.3, 0.4) is 0 Å². The number of hydrogen-bond acceptors (Lipinski definition) is 6. The number of methoxy groups -OCH3 is 1. The Balaban J connectivity index is 1.28. The van der Waals surface area contributed by atoms with Gasteiger partial charge in [0.1, 0.15) is 5.75 Å². The van der Waals surface area contributed by atoms with Crippen LogP contribution in [0.25, 0.3) is 11.5 Å². The smallest absolute Gasteiger partial charge is 0.321 e. The van der Waals surface area contributed by atoms with Gasteiger partial charge in [-0.15, -0.1) is 0 Å². The molecule has 0 aliphatic carbocycles. The average molecular weight is 442 g/mol. The highest BCUT2D eigenvalue weighted by atomic mass is 35.5. The molecule has 8 nitrogen and oxygen atoms in total.